The number of aliphatic hydroxyl groups excluding tert-OH is 1. The molecule has 0 aromatic heterocycles. The van der Waals surface area contributed by atoms with Crippen LogP contribution in [0.1, 0.15) is 38.2 Å². The monoisotopic (exact) mass is 1060 g/mol. The summed E-state index contributed by atoms with van der Waals surface area (Å²) in [5, 5.41) is 12.0. The molecule has 398 valence electrons. The molecule has 7 aromatic carbocycles. The average molecular weight is 1060 g/mol. The lowest BCUT2D eigenvalue weighted by Gasteiger charge is -2.45. The van der Waals surface area contributed by atoms with Crippen molar-refractivity contribution in [1.29, 1.82) is 0 Å². The second kappa shape index (κ2) is 28.4. The van der Waals surface area contributed by atoms with Crippen LogP contribution in [0.4, 0.5) is 0 Å². The number of aliphatic hydroxyl groups is 1. The summed E-state index contributed by atoms with van der Waals surface area (Å²) in [5.41, 5.74) is 3.73. The van der Waals surface area contributed by atoms with Gasteiger partial charge in [0, 0.05) is 4.90 Å². The van der Waals surface area contributed by atoms with Gasteiger partial charge in [-0.1, -0.05) is 200 Å². The van der Waals surface area contributed by atoms with Crippen molar-refractivity contribution in [1.82, 2.24) is 0 Å². The Bertz CT molecular complexity index is 2860. The van der Waals surface area contributed by atoms with Gasteiger partial charge in [-0.3, -0.25) is 0 Å². The van der Waals surface area contributed by atoms with Crippen LogP contribution < -0.4 is 0 Å². The average Bonchev–Trinajstić information content (AvgIpc) is 3.50. The predicted molar refractivity (Wildman–Crippen MR) is 284 cm³/mol. The largest absolute Gasteiger partial charge is 0.454 e. The van der Waals surface area contributed by atoms with Crippen LogP contribution in [0.15, 0.2) is 217 Å². The number of hydrogen-bond donors (Lipinski definition) is 1. The summed E-state index contributed by atoms with van der Waals surface area (Å²) >= 11 is 1.41. The molecule has 77 heavy (non-hydrogen) atoms. The maximum absolute atomic E-state index is 14.2. The van der Waals surface area contributed by atoms with E-state index in [9.17, 15) is 19.5 Å². The zero-order valence-corrected chi connectivity index (χ0v) is 42.9. The van der Waals surface area contributed by atoms with Crippen LogP contribution in [0, 0.1) is 0 Å². The van der Waals surface area contributed by atoms with Crippen molar-refractivity contribution in [2.75, 3.05) is 13.2 Å². The minimum Gasteiger partial charge on any atom is -0.454 e. The van der Waals surface area contributed by atoms with Crippen molar-refractivity contribution in [2.24, 2.45) is 0 Å². The minimum atomic E-state index is -1.72. The van der Waals surface area contributed by atoms with Crippen LogP contribution in [-0.4, -0.2) is 96.8 Å². The predicted octanol–water partition coefficient (Wildman–Crippen LogP) is 9.46. The van der Waals surface area contributed by atoms with E-state index in [4.69, 9.17) is 47.4 Å². The van der Waals surface area contributed by atoms with E-state index in [0.29, 0.717) is 0 Å². The molecule has 2 aliphatic rings. The molecular formula is C62H60O14S. The Kier molecular flexibility index (Phi) is 20.2. The standard InChI is InChI=1S/C62H60O14S/c63-52-50(41-67-36-43-22-8-1-9-23-43)73-61(72-40-47-30-16-5-17-31-47)56(76-58(64)48-32-18-6-19-33-48)54(52)75-60(66)59(65)71-42-51-53(68-37-44-24-10-2-11-25-44)55(69-38-45-26-12-3-13-27-45)57(70-39-46-28-14-4-15-29-46)62(74-51)77-49-34-20-7-21-35-49/h1-35,50-57,61-63H,36-42H2/t50-,51-,52-,53-,54+,55+,56-,57+,61+,62-/m1/s1. The summed E-state index contributed by atoms with van der Waals surface area (Å²) in [6, 6.07) is 65.4. The third-order valence-electron chi connectivity index (χ3n) is 12.8. The molecule has 2 saturated heterocycles. The maximum Gasteiger partial charge on any atom is 0.417 e. The van der Waals surface area contributed by atoms with Gasteiger partial charge < -0.3 is 52.5 Å². The molecular weight excluding hydrogens is 1000 g/mol. The number of thioether (sulfide) groups is 1. The van der Waals surface area contributed by atoms with Crippen molar-refractivity contribution < 1.29 is 66.9 Å². The van der Waals surface area contributed by atoms with E-state index in [-0.39, 0.29) is 45.2 Å². The fraction of sp³-hybridized carbons (Fsp3) is 0.274. The van der Waals surface area contributed by atoms with Gasteiger partial charge in [0.2, 0.25) is 0 Å². The zero-order valence-electron chi connectivity index (χ0n) is 42.1. The zero-order chi connectivity index (χ0) is 53.0. The number of ether oxygens (including phenoxy) is 10. The van der Waals surface area contributed by atoms with Gasteiger partial charge in [0.25, 0.3) is 0 Å². The van der Waals surface area contributed by atoms with Gasteiger partial charge in [-0.2, -0.15) is 0 Å². The van der Waals surface area contributed by atoms with Gasteiger partial charge >= 0.3 is 17.9 Å². The number of carbonyl (C=O) groups excluding carboxylic acids is 3. The molecule has 14 nitrogen and oxygen atoms in total. The molecule has 0 radical (unpaired) electrons. The molecule has 10 atom stereocenters. The van der Waals surface area contributed by atoms with Gasteiger partial charge in [0.05, 0.1) is 45.2 Å². The Morgan fingerprint density at radius 3 is 1.38 bits per heavy atom. The fourth-order valence-corrected chi connectivity index (χ4v) is 9.95. The second-order valence-electron chi connectivity index (χ2n) is 18.3. The summed E-state index contributed by atoms with van der Waals surface area (Å²) in [6.45, 7) is -0.0292. The van der Waals surface area contributed by atoms with Crippen LogP contribution in [0.2, 0.25) is 0 Å². The van der Waals surface area contributed by atoms with E-state index in [0.717, 1.165) is 32.7 Å². The second-order valence-corrected chi connectivity index (χ2v) is 19.5. The highest BCUT2D eigenvalue weighted by atomic mass is 32.2. The number of benzene rings is 7. The highest BCUT2D eigenvalue weighted by Crippen LogP contribution is 2.39. The topological polar surface area (TPSA) is 164 Å². The molecule has 7 aromatic rings. The molecule has 0 unspecified atom stereocenters. The molecule has 15 heteroatoms. The fourth-order valence-electron chi connectivity index (χ4n) is 8.80. The molecule has 0 saturated carbocycles. The summed E-state index contributed by atoms with van der Waals surface area (Å²) < 4.78 is 63.6. The van der Waals surface area contributed by atoms with Crippen molar-refractivity contribution in [3.8, 4) is 0 Å². The van der Waals surface area contributed by atoms with E-state index in [2.05, 4.69) is 0 Å². The van der Waals surface area contributed by atoms with Gasteiger partial charge in [-0.25, -0.2) is 14.4 Å². The van der Waals surface area contributed by atoms with Crippen molar-refractivity contribution in [3.63, 3.8) is 0 Å². The highest BCUT2D eigenvalue weighted by Gasteiger charge is 2.52. The Hall–Kier alpha value is -7.02. The lowest BCUT2D eigenvalue weighted by molar-refractivity contribution is -0.307. The molecule has 0 aliphatic carbocycles. The van der Waals surface area contributed by atoms with Gasteiger partial charge in [0.1, 0.15) is 48.7 Å². The van der Waals surface area contributed by atoms with E-state index in [1.807, 2.05) is 182 Å². The van der Waals surface area contributed by atoms with Crippen LogP contribution in [0.5, 0.6) is 0 Å². The van der Waals surface area contributed by atoms with Crippen LogP contribution in [0.25, 0.3) is 0 Å². The van der Waals surface area contributed by atoms with Crippen LogP contribution in [-0.2, 0) is 90.0 Å². The summed E-state index contributed by atoms with van der Waals surface area (Å²) in [7, 11) is 0. The Morgan fingerprint density at radius 2 is 0.857 bits per heavy atom. The SMILES string of the molecule is O=C(OC[C@H]1O[C@H](Sc2ccccc2)[C@@H](OCc2ccccc2)[C@@H](OCc2ccccc2)[C@@H]1OCc1ccccc1)C(=O)O[C@H]1[C@H](O)[C@@H](COCc2ccccc2)O[C@H](OCc2ccccc2)[C@@H]1OC(=O)c1ccccc1. The molecule has 0 bridgehead atoms. The van der Waals surface area contributed by atoms with E-state index in [1.54, 1.807) is 30.3 Å². The third kappa shape index (κ3) is 15.8. The summed E-state index contributed by atoms with van der Waals surface area (Å²) in [5.74, 6) is -3.73. The van der Waals surface area contributed by atoms with Crippen molar-refractivity contribution in [3.05, 3.63) is 246 Å². The van der Waals surface area contributed by atoms with E-state index < -0.39 is 85.1 Å². The Labute approximate surface area is 452 Å². The highest BCUT2D eigenvalue weighted by molar-refractivity contribution is 7.99. The molecule has 0 spiro atoms. The molecule has 9 rings (SSSR count). The van der Waals surface area contributed by atoms with Crippen molar-refractivity contribution >= 4 is 29.7 Å². The maximum atomic E-state index is 14.2. The quantitative estimate of drug-likeness (QED) is 0.0366. The number of rotatable bonds is 23. The molecule has 1 N–H and O–H groups in total. The molecule has 0 amide bonds. The lowest BCUT2D eigenvalue weighted by Crippen LogP contribution is -2.62. The first-order chi connectivity index (χ1) is 37.8. The first kappa shape index (κ1) is 54.8. The lowest BCUT2D eigenvalue weighted by atomic mass is 9.98. The normalized spacial score (nSPS) is 23.1. The first-order valence-corrected chi connectivity index (χ1v) is 26.3. The number of carbonyl (C=O) groups is 3. The van der Waals surface area contributed by atoms with E-state index in [1.165, 1.54) is 11.8 Å². The van der Waals surface area contributed by atoms with Gasteiger partial charge in [-0.05, 0) is 52.1 Å². The Balaban J connectivity index is 0.988. The van der Waals surface area contributed by atoms with E-state index >= 15 is 0 Å². The third-order valence-corrected chi connectivity index (χ3v) is 13.9. The van der Waals surface area contributed by atoms with Gasteiger partial charge in [0.15, 0.2) is 18.5 Å². The minimum absolute atomic E-state index is 0.0199. The summed E-state index contributed by atoms with van der Waals surface area (Å²) in [6.07, 6.45) is -11.2. The number of hydrogen-bond acceptors (Lipinski definition) is 15. The molecule has 2 aliphatic heterocycles. The van der Waals surface area contributed by atoms with Crippen molar-refractivity contribution in [2.45, 2.75) is 98.5 Å². The smallest absolute Gasteiger partial charge is 0.417 e. The molecule has 2 fully saturated rings. The van der Waals surface area contributed by atoms with Gasteiger partial charge in [-0.15, -0.1) is 0 Å². The number of esters is 3. The van der Waals surface area contributed by atoms with Crippen LogP contribution in [0.3, 0.4) is 0 Å². The Morgan fingerprint density at radius 1 is 0.416 bits per heavy atom. The molecule has 2 heterocycles. The first-order valence-electron chi connectivity index (χ1n) is 25.4. The van der Waals surface area contributed by atoms with Crippen LogP contribution >= 0.6 is 11.8 Å². The summed E-state index contributed by atoms with van der Waals surface area (Å²) in [4.78, 5) is 43.1.